The molecule has 0 aliphatic rings. The lowest BCUT2D eigenvalue weighted by molar-refractivity contribution is 0.245. The zero-order valence-electron chi connectivity index (χ0n) is 11.4. The van der Waals surface area contributed by atoms with Crippen LogP contribution in [0.3, 0.4) is 0 Å². The predicted molar refractivity (Wildman–Crippen MR) is 72.5 cm³/mol. The van der Waals surface area contributed by atoms with Crippen LogP contribution in [0.5, 0.6) is 0 Å². The molecule has 1 aromatic heterocycles. The van der Waals surface area contributed by atoms with E-state index in [0.29, 0.717) is 5.82 Å². The number of nitrogens with zero attached hydrogens (tertiary/aromatic N) is 4. The molecule has 0 bridgehead atoms. The van der Waals surface area contributed by atoms with Gasteiger partial charge in [-0.05, 0) is 29.5 Å². The molecule has 0 radical (unpaired) electrons. The largest absolute Gasteiger partial charge is 0.330 e. The summed E-state index contributed by atoms with van der Waals surface area (Å²) in [7, 11) is -2.29. The maximum absolute atomic E-state index is 12.0. The van der Waals surface area contributed by atoms with Gasteiger partial charge in [-0.15, -0.1) is 5.10 Å². The van der Waals surface area contributed by atoms with Crippen molar-refractivity contribution in [3.05, 3.63) is 35.7 Å². The number of aryl methyl sites for hydroxylation is 2. The Bertz CT molecular complexity index is 738. The van der Waals surface area contributed by atoms with E-state index >= 15 is 0 Å². The molecular formula is C11H14N6O3S. The monoisotopic (exact) mass is 310 g/mol. The van der Waals surface area contributed by atoms with Crippen LogP contribution in [0.1, 0.15) is 11.4 Å². The lowest BCUT2D eigenvalue weighted by Gasteiger charge is -2.08. The summed E-state index contributed by atoms with van der Waals surface area (Å²) < 4.78 is 27.2. The molecule has 1 heterocycles. The fourth-order valence-corrected chi connectivity index (χ4v) is 2.42. The van der Waals surface area contributed by atoms with Crippen LogP contribution < -0.4 is 10.0 Å². The lowest BCUT2D eigenvalue weighted by atomic mass is 10.2. The van der Waals surface area contributed by atoms with Gasteiger partial charge in [0.25, 0.3) is 10.0 Å². The number of carbonyl (C=O) groups is 1. The summed E-state index contributed by atoms with van der Waals surface area (Å²) in [5.74, 6) is 0.401. The summed E-state index contributed by atoms with van der Waals surface area (Å²) in [6, 6.07) is 5.31. The van der Waals surface area contributed by atoms with Gasteiger partial charge in [0.15, 0.2) is 5.82 Å². The molecule has 2 N–H and O–H groups in total. The van der Waals surface area contributed by atoms with Gasteiger partial charge >= 0.3 is 6.03 Å². The first kappa shape index (κ1) is 14.9. The summed E-state index contributed by atoms with van der Waals surface area (Å²) in [5, 5.41) is 13.0. The number of nitrogens with one attached hydrogen (secondary N) is 2. The second-order valence-electron chi connectivity index (χ2n) is 4.32. The summed E-state index contributed by atoms with van der Waals surface area (Å²) in [6.45, 7) is 1.85. The number of rotatable bonds is 4. The Kier molecular flexibility index (Phi) is 4.17. The molecule has 2 amide bonds. The first-order valence-electron chi connectivity index (χ1n) is 5.97. The fraction of sp³-hybridized carbons (Fsp3) is 0.273. The molecule has 0 unspecified atom stereocenters. The minimum absolute atomic E-state index is 0.0126. The summed E-state index contributed by atoms with van der Waals surface area (Å²) >= 11 is 0. The highest BCUT2D eigenvalue weighted by atomic mass is 32.2. The smallest absolute Gasteiger partial charge is 0.329 e. The van der Waals surface area contributed by atoms with Crippen molar-refractivity contribution in [3.8, 4) is 0 Å². The molecule has 0 aliphatic heterocycles. The van der Waals surface area contributed by atoms with Crippen LogP contribution in [0.15, 0.2) is 29.2 Å². The van der Waals surface area contributed by atoms with E-state index in [-0.39, 0.29) is 11.4 Å². The Morgan fingerprint density at radius 3 is 2.52 bits per heavy atom. The third-order valence-electron chi connectivity index (χ3n) is 2.67. The van der Waals surface area contributed by atoms with Crippen molar-refractivity contribution in [1.82, 2.24) is 30.2 Å². The maximum Gasteiger partial charge on any atom is 0.329 e. The first-order valence-corrected chi connectivity index (χ1v) is 7.45. The van der Waals surface area contributed by atoms with Crippen LogP contribution in [-0.2, 0) is 23.6 Å². The van der Waals surface area contributed by atoms with Crippen molar-refractivity contribution in [2.24, 2.45) is 7.05 Å². The Labute approximate surface area is 121 Å². The molecule has 0 aliphatic carbocycles. The Morgan fingerprint density at radius 1 is 1.29 bits per heavy atom. The third-order valence-corrected chi connectivity index (χ3v) is 4.02. The van der Waals surface area contributed by atoms with Crippen molar-refractivity contribution in [2.45, 2.75) is 18.4 Å². The van der Waals surface area contributed by atoms with E-state index in [0.717, 1.165) is 5.56 Å². The summed E-state index contributed by atoms with van der Waals surface area (Å²) in [6.07, 6.45) is 0. The highest BCUT2D eigenvalue weighted by molar-refractivity contribution is 7.90. The van der Waals surface area contributed by atoms with E-state index in [1.54, 1.807) is 19.2 Å². The Hall–Kier alpha value is -2.49. The minimum atomic E-state index is -3.90. The van der Waals surface area contributed by atoms with E-state index in [9.17, 15) is 13.2 Å². The van der Waals surface area contributed by atoms with Crippen LogP contribution in [0.4, 0.5) is 4.79 Å². The fourth-order valence-electron chi connectivity index (χ4n) is 1.49. The molecule has 112 valence electrons. The number of amides is 2. The molecule has 21 heavy (non-hydrogen) atoms. The number of benzene rings is 1. The van der Waals surface area contributed by atoms with Gasteiger partial charge < -0.3 is 5.32 Å². The van der Waals surface area contributed by atoms with E-state index in [4.69, 9.17) is 0 Å². The lowest BCUT2D eigenvalue weighted by Crippen LogP contribution is -2.39. The van der Waals surface area contributed by atoms with Crippen molar-refractivity contribution >= 4 is 16.1 Å². The van der Waals surface area contributed by atoms with Gasteiger partial charge in [-0.3, -0.25) is 0 Å². The molecule has 0 saturated heterocycles. The third kappa shape index (κ3) is 3.75. The number of urea groups is 1. The zero-order chi connectivity index (χ0) is 15.5. The molecule has 9 nitrogen and oxygen atoms in total. The summed E-state index contributed by atoms with van der Waals surface area (Å²) in [5.41, 5.74) is 0.924. The van der Waals surface area contributed by atoms with Crippen LogP contribution in [0.2, 0.25) is 0 Å². The van der Waals surface area contributed by atoms with Crippen molar-refractivity contribution in [2.75, 3.05) is 0 Å². The quantitative estimate of drug-likeness (QED) is 0.800. The topological polar surface area (TPSA) is 119 Å². The van der Waals surface area contributed by atoms with Crippen molar-refractivity contribution in [1.29, 1.82) is 0 Å². The average Bonchev–Trinajstić information content (AvgIpc) is 2.82. The first-order chi connectivity index (χ1) is 9.88. The standard InChI is InChI=1S/C11H14N6O3S/c1-8-3-5-9(6-4-8)21(19,20)14-11(18)12-7-10-13-15-16-17(10)2/h3-6H,7H2,1-2H3,(H2,12,14,18). The average molecular weight is 310 g/mol. The highest BCUT2D eigenvalue weighted by Crippen LogP contribution is 2.09. The van der Waals surface area contributed by atoms with Crippen molar-refractivity contribution in [3.63, 3.8) is 0 Å². The normalized spacial score (nSPS) is 11.1. The van der Waals surface area contributed by atoms with Gasteiger partial charge in [0.1, 0.15) is 0 Å². The van der Waals surface area contributed by atoms with Crippen LogP contribution in [0.25, 0.3) is 0 Å². The summed E-state index contributed by atoms with van der Waals surface area (Å²) in [4.78, 5) is 11.6. The van der Waals surface area contributed by atoms with Gasteiger partial charge in [-0.2, -0.15) is 0 Å². The molecule has 2 rings (SSSR count). The number of sulfonamides is 1. The van der Waals surface area contributed by atoms with E-state index in [1.165, 1.54) is 16.8 Å². The molecule has 0 fully saturated rings. The van der Waals surface area contributed by atoms with E-state index in [1.807, 2.05) is 11.6 Å². The van der Waals surface area contributed by atoms with Crippen LogP contribution in [-0.4, -0.2) is 34.7 Å². The van der Waals surface area contributed by atoms with Gasteiger partial charge in [-0.25, -0.2) is 22.6 Å². The minimum Gasteiger partial charge on any atom is -0.330 e. The van der Waals surface area contributed by atoms with Gasteiger partial charge in [-0.1, -0.05) is 17.7 Å². The van der Waals surface area contributed by atoms with Crippen LogP contribution in [0, 0.1) is 6.92 Å². The van der Waals surface area contributed by atoms with Gasteiger partial charge in [0.05, 0.1) is 11.4 Å². The second kappa shape index (κ2) is 5.87. The van der Waals surface area contributed by atoms with Gasteiger partial charge in [0.2, 0.25) is 0 Å². The number of hydrogen-bond acceptors (Lipinski definition) is 6. The molecule has 0 atom stereocenters. The molecule has 0 saturated carbocycles. The molecule has 10 heteroatoms. The number of aromatic nitrogens is 4. The SMILES string of the molecule is Cc1ccc(S(=O)(=O)NC(=O)NCc2nnnn2C)cc1. The molecule has 0 spiro atoms. The zero-order valence-corrected chi connectivity index (χ0v) is 12.3. The Morgan fingerprint density at radius 2 is 1.95 bits per heavy atom. The maximum atomic E-state index is 12.0. The number of tetrazole rings is 1. The highest BCUT2D eigenvalue weighted by Gasteiger charge is 2.17. The van der Waals surface area contributed by atoms with Crippen molar-refractivity contribution < 1.29 is 13.2 Å². The molecule has 2 aromatic rings. The number of hydrogen-bond donors (Lipinski definition) is 2. The van der Waals surface area contributed by atoms with Gasteiger partial charge in [0, 0.05) is 7.05 Å². The Balaban J connectivity index is 1.98. The number of carbonyl (C=O) groups excluding carboxylic acids is 1. The van der Waals surface area contributed by atoms with E-state index in [2.05, 4.69) is 20.8 Å². The molecule has 1 aromatic carbocycles. The van der Waals surface area contributed by atoms with E-state index < -0.39 is 16.1 Å². The molecular weight excluding hydrogens is 296 g/mol. The predicted octanol–water partition coefficient (Wildman–Crippen LogP) is -0.293. The van der Waals surface area contributed by atoms with Crippen LogP contribution >= 0.6 is 0 Å². The second-order valence-corrected chi connectivity index (χ2v) is 6.00.